The highest BCUT2D eigenvalue weighted by atomic mass is 79.9. The minimum absolute atomic E-state index is 0.200. The van der Waals surface area contributed by atoms with Crippen LogP contribution in [0.15, 0.2) is 71.2 Å². The molecule has 150 valence electrons. The minimum Gasteiger partial charge on any atom is -0.462 e. The van der Waals surface area contributed by atoms with Crippen LogP contribution in [0.2, 0.25) is 0 Å². The molecule has 0 aliphatic rings. The molecule has 1 aromatic heterocycles. The molecule has 4 aromatic rings. The topological polar surface area (TPSA) is 90.1 Å². The summed E-state index contributed by atoms with van der Waals surface area (Å²) in [7, 11) is 0. The van der Waals surface area contributed by atoms with E-state index in [4.69, 9.17) is 10.5 Å². The smallest absolute Gasteiger partial charge is 0.338 e. The molecule has 0 amide bonds. The van der Waals surface area contributed by atoms with Crippen LogP contribution in [0.5, 0.6) is 0 Å². The van der Waals surface area contributed by atoms with Crippen LogP contribution in [-0.4, -0.2) is 22.5 Å². The van der Waals surface area contributed by atoms with Crippen molar-refractivity contribution in [2.24, 2.45) is 0 Å². The Balaban J connectivity index is 1.72. The molecule has 30 heavy (non-hydrogen) atoms. The Morgan fingerprint density at radius 3 is 2.53 bits per heavy atom. The number of hydrogen-bond donors (Lipinski definition) is 2. The average molecular weight is 463 g/mol. The largest absolute Gasteiger partial charge is 0.462 e. The molecular formula is C23H19BrN4O2. The predicted octanol–water partition coefficient (Wildman–Crippen LogP) is 5.56. The Hall–Kier alpha value is -3.45. The second-order valence-corrected chi connectivity index (χ2v) is 7.51. The lowest BCUT2D eigenvalue weighted by molar-refractivity contribution is 0.0526. The molecule has 3 aromatic carbocycles. The van der Waals surface area contributed by atoms with Crippen LogP contribution in [0.1, 0.15) is 17.3 Å². The summed E-state index contributed by atoms with van der Waals surface area (Å²) < 4.78 is 6.00. The minimum atomic E-state index is -0.327. The number of nitrogen functional groups attached to an aromatic ring is 1. The van der Waals surface area contributed by atoms with Gasteiger partial charge < -0.3 is 15.8 Å². The molecule has 6 nitrogen and oxygen atoms in total. The van der Waals surface area contributed by atoms with Crippen molar-refractivity contribution in [2.75, 3.05) is 17.7 Å². The van der Waals surface area contributed by atoms with Gasteiger partial charge in [-0.2, -0.15) is 4.98 Å². The van der Waals surface area contributed by atoms with Crippen molar-refractivity contribution < 1.29 is 9.53 Å². The number of aromatic nitrogens is 2. The molecule has 4 rings (SSSR count). The number of carbonyl (C=O) groups excluding carboxylic acids is 1. The summed E-state index contributed by atoms with van der Waals surface area (Å²) in [4.78, 5) is 20.6. The van der Waals surface area contributed by atoms with Gasteiger partial charge in [-0.25, -0.2) is 9.78 Å². The lowest BCUT2D eigenvalue weighted by atomic mass is 10.0. The Labute approximate surface area is 182 Å². The number of nitrogens with one attached hydrogen (secondary N) is 1. The SMILES string of the molecule is CCOC(=O)c1ccc(-c2ccc3nc(N)nc(Nc4cccc(Br)c4)c3c2)cc1. The number of ether oxygens (including phenoxy) is 1. The Bertz CT molecular complexity index is 1230. The van der Waals surface area contributed by atoms with Crippen molar-refractivity contribution in [2.45, 2.75) is 6.92 Å². The number of nitrogens with zero attached hydrogens (tertiary/aromatic N) is 2. The van der Waals surface area contributed by atoms with Gasteiger partial charge in [0.25, 0.3) is 0 Å². The van der Waals surface area contributed by atoms with E-state index in [9.17, 15) is 4.79 Å². The van der Waals surface area contributed by atoms with Crippen molar-refractivity contribution in [1.82, 2.24) is 9.97 Å². The maximum atomic E-state index is 11.9. The molecule has 7 heteroatoms. The molecule has 0 aliphatic heterocycles. The standard InChI is InChI=1S/C23H19BrN4O2/c1-2-30-22(29)15-8-6-14(7-9-15)16-10-11-20-19(12-16)21(28-23(25)27-20)26-18-5-3-4-17(24)13-18/h3-13H,2H2,1H3,(H3,25,26,27,28). The first-order chi connectivity index (χ1) is 14.5. The average Bonchev–Trinajstić information content (AvgIpc) is 2.74. The monoisotopic (exact) mass is 462 g/mol. The summed E-state index contributed by atoms with van der Waals surface area (Å²) >= 11 is 3.48. The number of halogens is 1. The Morgan fingerprint density at radius 1 is 1.03 bits per heavy atom. The van der Waals surface area contributed by atoms with Gasteiger partial charge in [0.2, 0.25) is 5.95 Å². The molecule has 0 bridgehead atoms. The molecule has 0 saturated carbocycles. The van der Waals surface area contributed by atoms with E-state index >= 15 is 0 Å². The lowest BCUT2D eigenvalue weighted by Crippen LogP contribution is -2.04. The third kappa shape index (κ3) is 4.26. The van der Waals surface area contributed by atoms with Crippen LogP contribution < -0.4 is 11.1 Å². The van der Waals surface area contributed by atoms with E-state index in [1.807, 2.05) is 54.6 Å². The van der Waals surface area contributed by atoms with E-state index in [1.165, 1.54) is 0 Å². The number of benzene rings is 3. The molecule has 3 N–H and O–H groups in total. The summed E-state index contributed by atoms with van der Waals surface area (Å²) in [5, 5.41) is 4.17. The van der Waals surface area contributed by atoms with Crippen LogP contribution >= 0.6 is 15.9 Å². The summed E-state index contributed by atoms with van der Waals surface area (Å²) in [5.74, 6) is 0.499. The molecule has 0 radical (unpaired) electrons. The Morgan fingerprint density at radius 2 is 1.80 bits per heavy atom. The number of rotatable bonds is 5. The van der Waals surface area contributed by atoms with Gasteiger partial charge in [-0.15, -0.1) is 0 Å². The maximum Gasteiger partial charge on any atom is 0.338 e. The summed E-state index contributed by atoms with van der Waals surface area (Å²) in [6.07, 6.45) is 0. The molecule has 0 atom stereocenters. The van der Waals surface area contributed by atoms with Gasteiger partial charge in [0.05, 0.1) is 17.7 Å². The van der Waals surface area contributed by atoms with Crippen molar-refractivity contribution in [3.8, 4) is 11.1 Å². The van der Waals surface area contributed by atoms with Gasteiger partial charge in [0.15, 0.2) is 0 Å². The fraction of sp³-hybridized carbons (Fsp3) is 0.0870. The normalized spacial score (nSPS) is 10.7. The zero-order valence-corrected chi connectivity index (χ0v) is 17.8. The van der Waals surface area contributed by atoms with Crippen LogP contribution in [0, 0.1) is 0 Å². The summed E-state index contributed by atoms with van der Waals surface area (Å²) in [5.41, 5.74) is 10.0. The fourth-order valence-electron chi connectivity index (χ4n) is 3.14. The van der Waals surface area contributed by atoms with Gasteiger partial charge in [0.1, 0.15) is 5.82 Å². The first-order valence-electron chi connectivity index (χ1n) is 9.41. The number of nitrogens with two attached hydrogens (primary N) is 1. The molecule has 0 unspecified atom stereocenters. The molecular weight excluding hydrogens is 444 g/mol. The van der Waals surface area contributed by atoms with Gasteiger partial charge >= 0.3 is 5.97 Å². The van der Waals surface area contributed by atoms with E-state index in [0.29, 0.717) is 18.0 Å². The fourth-order valence-corrected chi connectivity index (χ4v) is 3.54. The lowest BCUT2D eigenvalue weighted by Gasteiger charge is -2.11. The van der Waals surface area contributed by atoms with Crippen molar-refractivity contribution in [3.63, 3.8) is 0 Å². The van der Waals surface area contributed by atoms with Crippen LogP contribution in [0.25, 0.3) is 22.0 Å². The molecule has 0 saturated heterocycles. The summed E-state index contributed by atoms with van der Waals surface area (Å²) in [6.45, 7) is 2.14. The van der Waals surface area contributed by atoms with Crippen LogP contribution in [0.3, 0.4) is 0 Å². The van der Waals surface area contributed by atoms with E-state index in [0.717, 1.165) is 32.2 Å². The van der Waals surface area contributed by atoms with E-state index in [2.05, 4.69) is 31.2 Å². The quantitative estimate of drug-likeness (QED) is 0.377. The van der Waals surface area contributed by atoms with Crippen molar-refractivity contribution >= 4 is 50.3 Å². The maximum absolute atomic E-state index is 11.9. The van der Waals surface area contributed by atoms with Crippen LogP contribution in [-0.2, 0) is 4.74 Å². The summed E-state index contributed by atoms with van der Waals surface area (Å²) in [6, 6.07) is 21.0. The van der Waals surface area contributed by atoms with Gasteiger partial charge in [-0.05, 0) is 60.5 Å². The first kappa shape index (κ1) is 19.8. The van der Waals surface area contributed by atoms with E-state index < -0.39 is 0 Å². The predicted molar refractivity (Wildman–Crippen MR) is 123 cm³/mol. The highest BCUT2D eigenvalue weighted by molar-refractivity contribution is 9.10. The van der Waals surface area contributed by atoms with Gasteiger partial charge in [-0.3, -0.25) is 0 Å². The number of fused-ring (bicyclic) bond motifs is 1. The van der Waals surface area contributed by atoms with Gasteiger partial charge in [0, 0.05) is 15.5 Å². The van der Waals surface area contributed by atoms with Crippen molar-refractivity contribution in [1.29, 1.82) is 0 Å². The number of carbonyl (C=O) groups is 1. The molecule has 0 aliphatic carbocycles. The molecule has 1 heterocycles. The first-order valence-corrected chi connectivity index (χ1v) is 10.2. The molecule has 0 spiro atoms. The zero-order chi connectivity index (χ0) is 21.1. The third-order valence-corrected chi connectivity index (χ3v) is 5.02. The van der Waals surface area contributed by atoms with Crippen molar-refractivity contribution in [3.05, 3.63) is 76.8 Å². The zero-order valence-electron chi connectivity index (χ0n) is 16.2. The van der Waals surface area contributed by atoms with E-state index in [-0.39, 0.29) is 11.9 Å². The molecule has 0 fully saturated rings. The van der Waals surface area contributed by atoms with Gasteiger partial charge in [-0.1, -0.05) is 40.2 Å². The third-order valence-electron chi connectivity index (χ3n) is 4.53. The second kappa shape index (κ2) is 8.51. The van der Waals surface area contributed by atoms with E-state index in [1.54, 1.807) is 19.1 Å². The number of hydrogen-bond acceptors (Lipinski definition) is 6. The number of esters is 1. The Kier molecular flexibility index (Phi) is 5.63. The highest BCUT2D eigenvalue weighted by Crippen LogP contribution is 2.30. The highest BCUT2D eigenvalue weighted by Gasteiger charge is 2.11. The second-order valence-electron chi connectivity index (χ2n) is 6.60. The number of anilines is 3. The van der Waals surface area contributed by atoms with Crippen LogP contribution in [0.4, 0.5) is 17.5 Å².